The predicted octanol–water partition coefficient (Wildman–Crippen LogP) is -0.0649. The molecule has 0 aliphatic carbocycles. The average Bonchev–Trinajstić information content (AvgIpc) is 3.20. The number of ether oxygens (including phenoxy) is 1. The number of carbonyl (C=O) groups excluding carboxylic acids is 2. The van der Waals surface area contributed by atoms with Crippen LogP contribution in [0.15, 0.2) is 0 Å². The van der Waals surface area contributed by atoms with E-state index in [1.807, 2.05) is 4.90 Å². The van der Waals surface area contributed by atoms with E-state index in [-0.39, 0.29) is 30.0 Å². The Balaban J connectivity index is 1.42. The normalized spacial score (nSPS) is 30.6. The third kappa shape index (κ3) is 3.70. The Hall–Kier alpha value is -0.790. The molecule has 3 heterocycles. The quantitative estimate of drug-likeness (QED) is 0.763. The third-order valence-electron chi connectivity index (χ3n) is 4.39. The summed E-state index contributed by atoms with van der Waals surface area (Å²) in [5, 5.41) is 6.29. The van der Waals surface area contributed by atoms with Crippen LogP contribution in [0.5, 0.6) is 0 Å². The van der Waals surface area contributed by atoms with Gasteiger partial charge in [0.1, 0.15) is 6.10 Å². The summed E-state index contributed by atoms with van der Waals surface area (Å²) >= 11 is 1.77. The van der Waals surface area contributed by atoms with Gasteiger partial charge in [0.25, 0.3) is 0 Å². The van der Waals surface area contributed by atoms with Crippen molar-refractivity contribution in [2.24, 2.45) is 0 Å². The lowest BCUT2D eigenvalue weighted by Gasteiger charge is -2.34. The monoisotopic (exact) mass is 313 g/mol. The van der Waals surface area contributed by atoms with Crippen LogP contribution in [0, 0.1) is 0 Å². The van der Waals surface area contributed by atoms with Crippen molar-refractivity contribution in [1.29, 1.82) is 0 Å². The number of rotatable bonds is 3. The van der Waals surface area contributed by atoms with Gasteiger partial charge in [-0.3, -0.25) is 14.9 Å². The summed E-state index contributed by atoms with van der Waals surface area (Å²) in [5.41, 5.74) is 0. The van der Waals surface area contributed by atoms with E-state index in [1.165, 1.54) is 0 Å². The zero-order chi connectivity index (χ0) is 14.7. The fourth-order valence-electron chi connectivity index (χ4n) is 3.10. The van der Waals surface area contributed by atoms with Crippen molar-refractivity contribution < 1.29 is 14.3 Å². The highest BCUT2D eigenvalue weighted by molar-refractivity contribution is 7.99. The topological polar surface area (TPSA) is 70.7 Å². The maximum Gasteiger partial charge on any atom is 0.249 e. The van der Waals surface area contributed by atoms with Crippen LogP contribution in [0.25, 0.3) is 0 Å². The van der Waals surface area contributed by atoms with E-state index in [9.17, 15) is 9.59 Å². The molecule has 2 N–H and O–H groups in total. The van der Waals surface area contributed by atoms with Crippen molar-refractivity contribution in [2.45, 2.75) is 43.9 Å². The van der Waals surface area contributed by atoms with Gasteiger partial charge in [0, 0.05) is 37.4 Å². The van der Waals surface area contributed by atoms with Crippen LogP contribution in [0.2, 0.25) is 0 Å². The minimum Gasteiger partial charge on any atom is -0.368 e. The zero-order valence-corrected chi connectivity index (χ0v) is 13.0. The van der Waals surface area contributed by atoms with E-state index in [1.54, 1.807) is 11.8 Å². The van der Waals surface area contributed by atoms with Crippen molar-refractivity contribution in [1.82, 2.24) is 15.5 Å². The number of nitrogens with one attached hydrogen (secondary N) is 2. The minimum absolute atomic E-state index is 0.0196. The fourth-order valence-corrected chi connectivity index (χ4v) is 4.03. The van der Waals surface area contributed by atoms with Crippen molar-refractivity contribution >= 4 is 23.6 Å². The van der Waals surface area contributed by atoms with Crippen LogP contribution in [0.4, 0.5) is 0 Å². The van der Waals surface area contributed by atoms with Gasteiger partial charge in [-0.25, -0.2) is 0 Å². The fraction of sp³-hybridized carbons (Fsp3) is 0.857. The van der Waals surface area contributed by atoms with Crippen molar-refractivity contribution in [3.63, 3.8) is 0 Å². The number of nitrogens with zero attached hydrogens (tertiary/aromatic N) is 1. The Bertz CT molecular complexity index is 387. The number of carbonyl (C=O) groups is 2. The molecular weight excluding hydrogens is 290 g/mol. The van der Waals surface area contributed by atoms with Crippen molar-refractivity contribution in [3.05, 3.63) is 0 Å². The molecule has 2 atom stereocenters. The lowest BCUT2D eigenvalue weighted by Crippen LogP contribution is -2.52. The number of amides is 2. The van der Waals surface area contributed by atoms with Gasteiger partial charge in [-0.1, -0.05) is 0 Å². The van der Waals surface area contributed by atoms with Gasteiger partial charge in [-0.05, 0) is 25.7 Å². The lowest BCUT2D eigenvalue weighted by atomic mass is 10.0. The first kappa shape index (κ1) is 15.1. The Morgan fingerprint density at radius 2 is 2.05 bits per heavy atom. The highest BCUT2D eigenvalue weighted by Gasteiger charge is 2.31. The second-order valence-electron chi connectivity index (χ2n) is 5.88. The molecule has 3 rings (SSSR count). The van der Waals surface area contributed by atoms with Crippen LogP contribution in [0.3, 0.4) is 0 Å². The number of piperidine rings is 1. The second-order valence-corrected chi connectivity index (χ2v) is 6.91. The predicted molar refractivity (Wildman–Crippen MR) is 81.0 cm³/mol. The van der Waals surface area contributed by atoms with E-state index < -0.39 is 0 Å². The minimum atomic E-state index is -0.260. The number of hydrogen-bond donors (Lipinski definition) is 2. The van der Waals surface area contributed by atoms with E-state index in [4.69, 9.17) is 4.74 Å². The van der Waals surface area contributed by atoms with Gasteiger partial charge in [0.15, 0.2) is 0 Å². The summed E-state index contributed by atoms with van der Waals surface area (Å²) in [5.74, 6) is 1.97. The molecule has 3 aliphatic heterocycles. The van der Waals surface area contributed by atoms with Gasteiger partial charge in [-0.2, -0.15) is 0 Å². The Labute approximate surface area is 129 Å². The smallest absolute Gasteiger partial charge is 0.249 e. The Morgan fingerprint density at radius 1 is 1.24 bits per heavy atom. The molecule has 2 unspecified atom stereocenters. The van der Waals surface area contributed by atoms with Gasteiger partial charge in [-0.15, -0.1) is 11.8 Å². The van der Waals surface area contributed by atoms with Gasteiger partial charge in [0.05, 0.1) is 6.04 Å². The van der Waals surface area contributed by atoms with E-state index >= 15 is 0 Å². The average molecular weight is 313 g/mol. The molecule has 0 aromatic rings. The van der Waals surface area contributed by atoms with Crippen LogP contribution >= 0.6 is 11.8 Å². The lowest BCUT2D eigenvalue weighted by molar-refractivity contribution is -0.134. The van der Waals surface area contributed by atoms with Crippen molar-refractivity contribution in [2.75, 3.05) is 31.3 Å². The molecule has 0 spiro atoms. The molecule has 7 heteroatoms. The number of hydrogen-bond acceptors (Lipinski definition) is 5. The van der Waals surface area contributed by atoms with Gasteiger partial charge >= 0.3 is 0 Å². The summed E-state index contributed by atoms with van der Waals surface area (Å²) in [6, 6.07) is 0.157. The molecule has 0 saturated carbocycles. The van der Waals surface area contributed by atoms with Crippen LogP contribution in [-0.2, 0) is 14.3 Å². The Morgan fingerprint density at radius 3 is 2.67 bits per heavy atom. The summed E-state index contributed by atoms with van der Waals surface area (Å²) in [4.78, 5) is 26.2. The molecule has 0 radical (unpaired) electrons. The molecule has 0 bridgehead atoms. The molecule has 118 valence electrons. The maximum absolute atomic E-state index is 12.3. The van der Waals surface area contributed by atoms with Crippen LogP contribution < -0.4 is 10.6 Å². The van der Waals surface area contributed by atoms with Gasteiger partial charge in [0.2, 0.25) is 11.8 Å². The first-order chi connectivity index (χ1) is 10.2. The van der Waals surface area contributed by atoms with E-state index in [0.29, 0.717) is 6.61 Å². The molecule has 3 aliphatic rings. The van der Waals surface area contributed by atoms with Crippen molar-refractivity contribution in [3.8, 4) is 0 Å². The molecule has 0 aromatic carbocycles. The van der Waals surface area contributed by atoms with Gasteiger partial charge < -0.3 is 15.0 Å². The highest BCUT2D eigenvalue weighted by Crippen LogP contribution is 2.17. The zero-order valence-electron chi connectivity index (χ0n) is 12.2. The third-order valence-corrected chi connectivity index (χ3v) is 5.33. The van der Waals surface area contributed by atoms with E-state index in [2.05, 4.69) is 10.6 Å². The van der Waals surface area contributed by atoms with Crippen LogP contribution in [0.1, 0.15) is 25.7 Å². The number of likely N-dealkylation sites (tertiary alicyclic amines) is 1. The second kappa shape index (κ2) is 6.98. The number of thioether (sulfide) groups is 1. The molecule has 3 saturated heterocycles. The maximum atomic E-state index is 12.3. The molecule has 6 nitrogen and oxygen atoms in total. The van der Waals surface area contributed by atoms with Crippen LogP contribution in [-0.4, -0.2) is 66.2 Å². The summed E-state index contributed by atoms with van der Waals surface area (Å²) in [6.45, 7) is 2.16. The summed E-state index contributed by atoms with van der Waals surface area (Å²) in [6.07, 6.45) is 3.21. The summed E-state index contributed by atoms with van der Waals surface area (Å²) in [7, 11) is 0. The SMILES string of the molecule is O=C(NC1CCN(C(=O)C2CSCN2)CC1)C1CCCO1. The molecule has 2 amide bonds. The Kier molecular flexibility index (Phi) is 5.03. The molecule has 3 fully saturated rings. The standard InChI is InChI=1S/C14H23N3O3S/c18-13(12-2-1-7-20-12)16-10-3-5-17(6-4-10)14(19)11-8-21-9-15-11/h10-12,15H,1-9H2,(H,16,18). The first-order valence-electron chi connectivity index (χ1n) is 7.76. The first-order valence-corrected chi connectivity index (χ1v) is 8.91. The molecule has 21 heavy (non-hydrogen) atoms. The molecule has 0 aromatic heterocycles. The van der Waals surface area contributed by atoms with E-state index in [0.717, 1.165) is 50.4 Å². The molecular formula is C14H23N3O3S. The highest BCUT2D eigenvalue weighted by atomic mass is 32.2. The summed E-state index contributed by atoms with van der Waals surface area (Å²) < 4.78 is 5.40. The largest absolute Gasteiger partial charge is 0.368 e.